The van der Waals surface area contributed by atoms with Crippen molar-refractivity contribution in [2.45, 2.75) is 49.5 Å². The molecule has 1 aromatic rings. The highest BCUT2D eigenvalue weighted by Gasteiger charge is 2.25. The van der Waals surface area contributed by atoms with Gasteiger partial charge >= 0.3 is 0 Å². The van der Waals surface area contributed by atoms with Gasteiger partial charge in [-0.2, -0.15) is 4.31 Å². The van der Waals surface area contributed by atoms with Gasteiger partial charge in [-0.05, 0) is 56.5 Å². The highest BCUT2D eigenvalue weighted by Crippen LogP contribution is 2.20. The summed E-state index contributed by atoms with van der Waals surface area (Å²) < 4.78 is 27.1. The normalized spacial score (nSPS) is 22.1. The van der Waals surface area contributed by atoms with Crippen LogP contribution in [0.3, 0.4) is 0 Å². The van der Waals surface area contributed by atoms with Crippen LogP contribution in [0.15, 0.2) is 29.2 Å². The molecule has 0 spiro atoms. The standard InChI is InChI=1S/C18H27N3O3S.ClH/c22-18(20-16-6-5-11-19-14-16)15-7-9-17(10-8-15)25(23,24)21-12-3-1-2-4-13-21;/h7-10,16,19H,1-6,11-14H2,(H,20,22);1H/t16-;/m0./s1. The Kier molecular flexibility index (Phi) is 7.88. The molecule has 0 bridgehead atoms. The molecule has 0 aromatic heterocycles. The fourth-order valence-electron chi connectivity index (χ4n) is 3.45. The van der Waals surface area contributed by atoms with Crippen LogP contribution in [0.5, 0.6) is 0 Å². The summed E-state index contributed by atoms with van der Waals surface area (Å²) in [6.45, 7) is 2.95. The molecule has 8 heteroatoms. The molecule has 0 aliphatic carbocycles. The number of carbonyl (C=O) groups excluding carboxylic acids is 1. The zero-order valence-corrected chi connectivity index (χ0v) is 16.6. The number of benzene rings is 1. The lowest BCUT2D eigenvalue weighted by atomic mass is 10.1. The number of nitrogens with zero attached hydrogens (tertiary/aromatic N) is 1. The third-order valence-electron chi connectivity index (χ3n) is 4.95. The van der Waals surface area contributed by atoms with Crippen molar-refractivity contribution in [3.8, 4) is 0 Å². The molecule has 3 rings (SSSR count). The average molecular weight is 402 g/mol. The quantitative estimate of drug-likeness (QED) is 0.810. The number of sulfonamides is 1. The molecule has 0 saturated carbocycles. The minimum Gasteiger partial charge on any atom is -0.348 e. The second-order valence-electron chi connectivity index (χ2n) is 6.86. The lowest BCUT2D eigenvalue weighted by Crippen LogP contribution is -2.45. The van der Waals surface area contributed by atoms with Crippen LogP contribution in [0, 0.1) is 0 Å². The van der Waals surface area contributed by atoms with Crippen LogP contribution in [-0.4, -0.2) is 50.9 Å². The van der Waals surface area contributed by atoms with Gasteiger partial charge in [0, 0.05) is 31.2 Å². The van der Waals surface area contributed by atoms with Crippen molar-refractivity contribution in [1.82, 2.24) is 14.9 Å². The topological polar surface area (TPSA) is 78.5 Å². The summed E-state index contributed by atoms with van der Waals surface area (Å²) in [5.74, 6) is -0.146. The Hall–Kier alpha value is -1.15. The summed E-state index contributed by atoms with van der Waals surface area (Å²) in [7, 11) is -3.46. The fourth-order valence-corrected chi connectivity index (χ4v) is 4.97. The minimum absolute atomic E-state index is 0. The minimum atomic E-state index is -3.46. The fraction of sp³-hybridized carbons (Fsp3) is 0.611. The van der Waals surface area contributed by atoms with Gasteiger partial charge in [-0.25, -0.2) is 8.42 Å². The smallest absolute Gasteiger partial charge is 0.251 e. The van der Waals surface area contributed by atoms with E-state index in [-0.39, 0.29) is 29.3 Å². The highest BCUT2D eigenvalue weighted by atomic mass is 35.5. The zero-order chi connectivity index (χ0) is 17.7. The van der Waals surface area contributed by atoms with Crippen LogP contribution in [0.2, 0.25) is 0 Å². The zero-order valence-electron chi connectivity index (χ0n) is 14.9. The molecule has 2 aliphatic rings. The maximum atomic E-state index is 12.8. The molecule has 0 radical (unpaired) electrons. The van der Waals surface area contributed by atoms with Gasteiger partial charge in [-0.3, -0.25) is 4.79 Å². The molecule has 6 nitrogen and oxygen atoms in total. The monoisotopic (exact) mass is 401 g/mol. The second kappa shape index (κ2) is 9.69. The number of hydrogen-bond donors (Lipinski definition) is 2. The third kappa shape index (κ3) is 5.19. The molecule has 1 atom stereocenters. The van der Waals surface area contributed by atoms with Crippen molar-refractivity contribution in [2.24, 2.45) is 0 Å². The van der Waals surface area contributed by atoms with Gasteiger partial charge in [0.25, 0.3) is 5.91 Å². The number of nitrogens with one attached hydrogen (secondary N) is 2. The Morgan fingerprint density at radius 2 is 1.69 bits per heavy atom. The number of halogens is 1. The van der Waals surface area contributed by atoms with E-state index in [1.807, 2.05) is 0 Å². The Morgan fingerprint density at radius 1 is 1.04 bits per heavy atom. The first-order valence-electron chi connectivity index (χ1n) is 9.19. The van der Waals surface area contributed by atoms with Gasteiger partial charge in [0.1, 0.15) is 0 Å². The van der Waals surface area contributed by atoms with E-state index >= 15 is 0 Å². The van der Waals surface area contributed by atoms with Gasteiger partial charge in [-0.15, -0.1) is 12.4 Å². The molecule has 1 amide bonds. The third-order valence-corrected chi connectivity index (χ3v) is 6.86. The van der Waals surface area contributed by atoms with Crippen molar-refractivity contribution in [2.75, 3.05) is 26.2 Å². The molecule has 2 aliphatic heterocycles. The van der Waals surface area contributed by atoms with Crippen molar-refractivity contribution in [3.05, 3.63) is 29.8 Å². The molecule has 2 N–H and O–H groups in total. The number of piperidine rings is 1. The lowest BCUT2D eigenvalue weighted by molar-refractivity contribution is 0.0930. The molecular weight excluding hydrogens is 374 g/mol. The van der Waals surface area contributed by atoms with E-state index < -0.39 is 10.0 Å². The molecule has 2 fully saturated rings. The Labute approximate surface area is 162 Å². The average Bonchev–Trinajstić information content (AvgIpc) is 2.93. The summed E-state index contributed by atoms with van der Waals surface area (Å²) in [5, 5.41) is 6.27. The summed E-state index contributed by atoms with van der Waals surface area (Å²) in [6.07, 6.45) is 6.02. The number of hydrogen-bond acceptors (Lipinski definition) is 4. The first-order chi connectivity index (χ1) is 12.1. The van der Waals surface area contributed by atoms with Crippen molar-refractivity contribution in [3.63, 3.8) is 0 Å². The largest absolute Gasteiger partial charge is 0.348 e. The van der Waals surface area contributed by atoms with E-state index in [1.54, 1.807) is 28.6 Å². The Morgan fingerprint density at radius 3 is 2.27 bits per heavy atom. The molecule has 1 aromatic carbocycles. The van der Waals surface area contributed by atoms with Gasteiger partial charge in [0.2, 0.25) is 10.0 Å². The van der Waals surface area contributed by atoms with E-state index in [9.17, 15) is 13.2 Å². The molecule has 2 saturated heterocycles. The van der Waals surface area contributed by atoms with E-state index in [4.69, 9.17) is 0 Å². The maximum Gasteiger partial charge on any atom is 0.251 e. The molecular formula is C18H28ClN3O3S. The maximum absolute atomic E-state index is 12.8. The first kappa shape index (κ1) is 21.2. The number of rotatable bonds is 4. The Bertz CT molecular complexity index is 680. The molecule has 0 unspecified atom stereocenters. The molecule has 26 heavy (non-hydrogen) atoms. The van der Waals surface area contributed by atoms with Crippen LogP contribution in [0.25, 0.3) is 0 Å². The molecule has 2 heterocycles. The van der Waals surface area contributed by atoms with Gasteiger partial charge in [-0.1, -0.05) is 12.8 Å². The number of carbonyl (C=O) groups is 1. The first-order valence-corrected chi connectivity index (χ1v) is 10.6. The summed E-state index contributed by atoms with van der Waals surface area (Å²) in [4.78, 5) is 12.6. The second-order valence-corrected chi connectivity index (χ2v) is 8.80. The molecule has 146 valence electrons. The van der Waals surface area contributed by atoms with Crippen LogP contribution in [-0.2, 0) is 10.0 Å². The van der Waals surface area contributed by atoms with Crippen LogP contribution < -0.4 is 10.6 Å². The van der Waals surface area contributed by atoms with E-state index in [0.29, 0.717) is 18.7 Å². The van der Waals surface area contributed by atoms with Crippen molar-refractivity contribution < 1.29 is 13.2 Å². The summed E-state index contributed by atoms with van der Waals surface area (Å²) in [5.41, 5.74) is 0.500. The summed E-state index contributed by atoms with van der Waals surface area (Å²) in [6, 6.07) is 6.46. The highest BCUT2D eigenvalue weighted by molar-refractivity contribution is 7.89. The van der Waals surface area contributed by atoms with E-state index in [1.165, 1.54) is 0 Å². The van der Waals surface area contributed by atoms with E-state index in [2.05, 4.69) is 10.6 Å². The lowest BCUT2D eigenvalue weighted by Gasteiger charge is -2.24. The predicted octanol–water partition coefficient (Wildman–Crippen LogP) is 2.15. The van der Waals surface area contributed by atoms with Gasteiger partial charge in [0.05, 0.1) is 4.90 Å². The van der Waals surface area contributed by atoms with Gasteiger partial charge < -0.3 is 10.6 Å². The number of amides is 1. The van der Waals surface area contributed by atoms with E-state index in [0.717, 1.165) is 51.6 Å². The predicted molar refractivity (Wildman–Crippen MR) is 104 cm³/mol. The van der Waals surface area contributed by atoms with Gasteiger partial charge in [0.15, 0.2) is 0 Å². The Balaban J connectivity index is 0.00000243. The van der Waals surface area contributed by atoms with Crippen LogP contribution in [0.4, 0.5) is 0 Å². The van der Waals surface area contributed by atoms with Crippen molar-refractivity contribution >= 4 is 28.3 Å². The van der Waals surface area contributed by atoms with Crippen LogP contribution in [0.1, 0.15) is 48.9 Å². The van der Waals surface area contributed by atoms with Crippen LogP contribution >= 0.6 is 12.4 Å². The van der Waals surface area contributed by atoms with Crippen molar-refractivity contribution in [1.29, 1.82) is 0 Å². The summed E-state index contributed by atoms with van der Waals surface area (Å²) >= 11 is 0. The SMILES string of the molecule is Cl.O=C(N[C@H]1CCCNC1)c1ccc(S(=O)(=O)N2CCCCCC2)cc1.